The van der Waals surface area contributed by atoms with Crippen LogP contribution in [0.15, 0.2) is 47.4 Å². The Morgan fingerprint density at radius 2 is 1.71 bits per heavy atom. The Labute approximate surface area is 166 Å². The minimum absolute atomic E-state index is 0.0883. The third-order valence-electron chi connectivity index (χ3n) is 4.19. The van der Waals surface area contributed by atoms with Crippen molar-refractivity contribution in [2.75, 3.05) is 32.1 Å². The molecule has 1 N–H and O–H groups in total. The number of rotatable bonds is 9. The number of ether oxygens (including phenoxy) is 2. The van der Waals surface area contributed by atoms with E-state index >= 15 is 0 Å². The molecule has 2 aromatic carbocycles. The van der Waals surface area contributed by atoms with Gasteiger partial charge in [-0.2, -0.15) is 4.31 Å². The van der Waals surface area contributed by atoms with Gasteiger partial charge in [0.05, 0.1) is 29.9 Å². The third kappa shape index (κ3) is 4.63. The van der Waals surface area contributed by atoms with Crippen molar-refractivity contribution in [3.8, 4) is 11.5 Å². The maximum Gasteiger partial charge on any atom is 0.259 e. The first-order valence-corrected chi connectivity index (χ1v) is 10.5. The summed E-state index contributed by atoms with van der Waals surface area (Å²) in [5.41, 5.74) is 0.621. The fourth-order valence-corrected chi connectivity index (χ4v) is 4.27. The maximum atomic E-state index is 12.8. The standard InChI is InChI=1S/C20H26N2O5S/c1-5-22(6-2)28(24,25)15-12-13-19(26-4)17(14-15)21-20(23)16-10-8-9-11-18(16)27-7-3/h8-14H,5-7H2,1-4H3,(H,21,23). The van der Waals surface area contributed by atoms with Crippen molar-refractivity contribution in [3.05, 3.63) is 48.0 Å². The minimum Gasteiger partial charge on any atom is -0.495 e. The Kier molecular flexibility index (Phi) is 7.42. The van der Waals surface area contributed by atoms with Crippen molar-refractivity contribution in [1.29, 1.82) is 0 Å². The van der Waals surface area contributed by atoms with E-state index in [0.29, 0.717) is 36.8 Å². The smallest absolute Gasteiger partial charge is 0.259 e. The number of hydrogen-bond acceptors (Lipinski definition) is 5. The molecule has 0 spiro atoms. The van der Waals surface area contributed by atoms with Crippen LogP contribution in [0.1, 0.15) is 31.1 Å². The molecular weight excluding hydrogens is 380 g/mol. The van der Waals surface area contributed by atoms with E-state index < -0.39 is 15.9 Å². The van der Waals surface area contributed by atoms with E-state index in [9.17, 15) is 13.2 Å². The van der Waals surface area contributed by atoms with Crippen LogP contribution in [0.3, 0.4) is 0 Å². The normalized spacial score (nSPS) is 11.3. The lowest BCUT2D eigenvalue weighted by molar-refractivity contribution is 0.102. The van der Waals surface area contributed by atoms with E-state index in [0.717, 1.165) is 0 Å². The molecule has 8 heteroatoms. The maximum absolute atomic E-state index is 12.8. The number of para-hydroxylation sites is 1. The summed E-state index contributed by atoms with van der Waals surface area (Å²) in [5.74, 6) is 0.397. The van der Waals surface area contributed by atoms with E-state index in [1.807, 2.05) is 6.92 Å². The Balaban J connectivity index is 2.42. The van der Waals surface area contributed by atoms with Gasteiger partial charge in [-0.15, -0.1) is 0 Å². The van der Waals surface area contributed by atoms with Crippen molar-refractivity contribution in [1.82, 2.24) is 4.31 Å². The van der Waals surface area contributed by atoms with E-state index in [4.69, 9.17) is 9.47 Å². The van der Waals surface area contributed by atoms with Gasteiger partial charge in [-0.1, -0.05) is 26.0 Å². The number of sulfonamides is 1. The molecule has 0 saturated carbocycles. The molecule has 0 unspecified atom stereocenters. The highest BCUT2D eigenvalue weighted by Crippen LogP contribution is 2.30. The first-order valence-electron chi connectivity index (χ1n) is 9.10. The summed E-state index contributed by atoms with van der Waals surface area (Å²) in [4.78, 5) is 12.9. The van der Waals surface area contributed by atoms with Gasteiger partial charge in [-0.3, -0.25) is 4.79 Å². The second-order valence-electron chi connectivity index (χ2n) is 5.83. The van der Waals surface area contributed by atoms with Crippen LogP contribution < -0.4 is 14.8 Å². The largest absolute Gasteiger partial charge is 0.495 e. The summed E-state index contributed by atoms with van der Waals surface area (Å²) in [6, 6.07) is 11.3. The van der Waals surface area contributed by atoms with Crippen molar-refractivity contribution in [2.45, 2.75) is 25.7 Å². The predicted octanol–water partition coefficient (Wildman–Crippen LogP) is 3.38. The van der Waals surface area contributed by atoms with Gasteiger partial charge in [0.2, 0.25) is 10.0 Å². The molecule has 2 aromatic rings. The molecule has 0 fully saturated rings. The number of amides is 1. The molecule has 0 bridgehead atoms. The molecule has 0 aliphatic rings. The van der Waals surface area contributed by atoms with Crippen molar-refractivity contribution in [2.24, 2.45) is 0 Å². The zero-order valence-corrected chi connectivity index (χ0v) is 17.4. The summed E-state index contributed by atoms with van der Waals surface area (Å²) < 4.78 is 37.7. The van der Waals surface area contributed by atoms with E-state index in [1.165, 1.54) is 29.6 Å². The summed E-state index contributed by atoms with van der Waals surface area (Å²) in [6.45, 7) is 6.52. The molecule has 0 saturated heterocycles. The van der Waals surface area contributed by atoms with Gasteiger partial charge in [-0.25, -0.2) is 8.42 Å². The molecule has 0 atom stereocenters. The second kappa shape index (κ2) is 9.57. The predicted molar refractivity (Wildman–Crippen MR) is 109 cm³/mol. The molecule has 2 rings (SSSR count). The fourth-order valence-electron chi connectivity index (χ4n) is 2.78. The molecule has 28 heavy (non-hydrogen) atoms. The SMILES string of the molecule is CCOc1ccccc1C(=O)Nc1cc(S(=O)(=O)N(CC)CC)ccc1OC. The highest BCUT2D eigenvalue weighted by Gasteiger charge is 2.23. The number of nitrogens with one attached hydrogen (secondary N) is 1. The Morgan fingerprint density at radius 1 is 1.04 bits per heavy atom. The third-order valence-corrected chi connectivity index (χ3v) is 6.24. The fraction of sp³-hybridized carbons (Fsp3) is 0.350. The molecule has 152 valence electrons. The first kappa shape index (κ1) is 21.7. The van der Waals surface area contributed by atoms with Crippen molar-refractivity contribution < 1.29 is 22.7 Å². The Hall–Kier alpha value is -2.58. The molecule has 0 aliphatic heterocycles. The van der Waals surface area contributed by atoms with E-state index in [2.05, 4.69) is 5.32 Å². The first-order chi connectivity index (χ1) is 13.4. The highest BCUT2D eigenvalue weighted by molar-refractivity contribution is 7.89. The second-order valence-corrected chi connectivity index (χ2v) is 7.77. The van der Waals surface area contributed by atoms with Gasteiger partial charge >= 0.3 is 0 Å². The van der Waals surface area contributed by atoms with Crippen LogP contribution in [-0.4, -0.2) is 45.4 Å². The number of carbonyl (C=O) groups is 1. The van der Waals surface area contributed by atoms with E-state index in [1.54, 1.807) is 38.1 Å². The summed E-state index contributed by atoms with van der Waals surface area (Å²) >= 11 is 0. The Bertz CT molecular complexity index is 924. The van der Waals surface area contributed by atoms with Gasteiger partial charge in [0.25, 0.3) is 5.91 Å². The van der Waals surface area contributed by atoms with Crippen molar-refractivity contribution >= 4 is 21.6 Å². The summed E-state index contributed by atoms with van der Waals surface area (Å²) in [5, 5.41) is 2.74. The molecular formula is C20H26N2O5S. The van der Waals surface area contributed by atoms with Gasteiger partial charge in [0.15, 0.2) is 0 Å². The molecule has 0 aliphatic carbocycles. The Morgan fingerprint density at radius 3 is 2.32 bits per heavy atom. The minimum atomic E-state index is -3.66. The number of anilines is 1. The van der Waals surface area contributed by atoms with Crippen LogP contribution in [0.2, 0.25) is 0 Å². The average molecular weight is 407 g/mol. The lowest BCUT2D eigenvalue weighted by Gasteiger charge is -2.20. The number of benzene rings is 2. The molecule has 0 radical (unpaired) electrons. The molecule has 7 nitrogen and oxygen atoms in total. The van der Waals surface area contributed by atoms with Gasteiger partial charge in [0, 0.05) is 13.1 Å². The van der Waals surface area contributed by atoms with Gasteiger partial charge < -0.3 is 14.8 Å². The van der Waals surface area contributed by atoms with E-state index in [-0.39, 0.29) is 10.6 Å². The topological polar surface area (TPSA) is 84.9 Å². The zero-order chi connectivity index (χ0) is 20.7. The monoisotopic (exact) mass is 406 g/mol. The summed E-state index contributed by atoms with van der Waals surface area (Å²) in [7, 11) is -2.21. The van der Waals surface area contributed by atoms with Crippen LogP contribution >= 0.6 is 0 Å². The van der Waals surface area contributed by atoms with Crippen LogP contribution in [0.25, 0.3) is 0 Å². The number of methoxy groups -OCH3 is 1. The van der Waals surface area contributed by atoms with Crippen molar-refractivity contribution in [3.63, 3.8) is 0 Å². The number of hydrogen-bond donors (Lipinski definition) is 1. The molecule has 0 aromatic heterocycles. The van der Waals surface area contributed by atoms with Gasteiger partial charge in [0.1, 0.15) is 11.5 Å². The lowest BCUT2D eigenvalue weighted by Crippen LogP contribution is -2.30. The zero-order valence-electron chi connectivity index (χ0n) is 16.6. The molecule has 0 heterocycles. The number of carbonyl (C=O) groups excluding carboxylic acids is 1. The number of nitrogens with zero attached hydrogens (tertiary/aromatic N) is 1. The average Bonchev–Trinajstić information content (AvgIpc) is 2.69. The van der Waals surface area contributed by atoms with Crippen LogP contribution in [0.5, 0.6) is 11.5 Å². The highest BCUT2D eigenvalue weighted by atomic mass is 32.2. The van der Waals surface area contributed by atoms with Crippen LogP contribution in [-0.2, 0) is 10.0 Å². The summed E-state index contributed by atoms with van der Waals surface area (Å²) in [6.07, 6.45) is 0. The van der Waals surface area contributed by atoms with Crippen LogP contribution in [0.4, 0.5) is 5.69 Å². The van der Waals surface area contributed by atoms with Crippen LogP contribution in [0, 0.1) is 0 Å². The quantitative estimate of drug-likeness (QED) is 0.690. The lowest BCUT2D eigenvalue weighted by atomic mass is 10.1. The molecule has 1 amide bonds. The van der Waals surface area contributed by atoms with Gasteiger partial charge in [-0.05, 0) is 37.3 Å².